The van der Waals surface area contributed by atoms with Crippen molar-refractivity contribution in [2.45, 2.75) is 18.9 Å². The maximum atomic E-state index is 11.2. The summed E-state index contributed by atoms with van der Waals surface area (Å²) in [6.45, 7) is 2.01. The molecule has 2 aromatic carbocycles. The Hall–Kier alpha value is -1.59. The van der Waals surface area contributed by atoms with Crippen molar-refractivity contribution in [1.82, 2.24) is 5.32 Å². The van der Waals surface area contributed by atoms with Crippen LogP contribution in [0.15, 0.2) is 42.5 Å². The van der Waals surface area contributed by atoms with Crippen LogP contribution in [0.5, 0.6) is 0 Å². The van der Waals surface area contributed by atoms with Crippen molar-refractivity contribution < 1.29 is 9.90 Å². The van der Waals surface area contributed by atoms with Gasteiger partial charge in [-0.3, -0.25) is 4.79 Å². The molecule has 4 nitrogen and oxygen atoms in total. The van der Waals surface area contributed by atoms with Gasteiger partial charge in [0, 0.05) is 25.1 Å². The van der Waals surface area contributed by atoms with Crippen LogP contribution in [0, 0.1) is 0 Å². The molecule has 6 heteroatoms. The number of halogens is 2. The van der Waals surface area contributed by atoms with E-state index in [1.807, 2.05) is 19.2 Å². The number of nitrogens with one attached hydrogen (secondary N) is 2. The maximum Gasteiger partial charge on any atom is 0.221 e. The van der Waals surface area contributed by atoms with E-state index in [0.29, 0.717) is 27.8 Å². The summed E-state index contributed by atoms with van der Waals surface area (Å²) in [4.78, 5) is 11.2. The summed E-state index contributed by atoms with van der Waals surface area (Å²) in [6, 6.07) is 12.5. The maximum absolute atomic E-state index is 11.2. The van der Waals surface area contributed by atoms with Crippen LogP contribution in [0.1, 0.15) is 30.1 Å². The van der Waals surface area contributed by atoms with Crippen LogP contribution >= 0.6 is 23.2 Å². The molecule has 2 aromatic rings. The van der Waals surface area contributed by atoms with Crippen molar-refractivity contribution in [2.75, 3.05) is 18.9 Å². The SMILES string of the molecule is CNCC(c1ccc(Cl)c(Cl)c1)[C@H](O)c1cccc(NC(C)=O)c1. The van der Waals surface area contributed by atoms with Crippen molar-refractivity contribution in [1.29, 1.82) is 0 Å². The second-order valence-electron chi connectivity index (χ2n) is 5.59. The van der Waals surface area contributed by atoms with Crippen molar-refractivity contribution in [3.63, 3.8) is 0 Å². The number of carbonyl (C=O) groups excluding carboxylic acids is 1. The molecule has 0 aliphatic rings. The van der Waals surface area contributed by atoms with Gasteiger partial charge in [0.2, 0.25) is 5.91 Å². The number of hydrogen-bond acceptors (Lipinski definition) is 3. The minimum atomic E-state index is -0.761. The summed E-state index contributed by atoms with van der Waals surface area (Å²) in [7, 11) is 1.82. The molecule has 2 rings (SSSR count). The first kappa shape index (κ1) is 18.7. The molecule has 2 atom stereocenters. The molecular weight excluding hydrogens is 347 g/mol. The van der Waals surface area contributed by atoms with Crippen LogP contribution in [-0.4, -0.2) is 24.6 Å². The van der Waals surface area contributed by atoms with Gasteiger partial charge < -0.3 is 15.7 Å². The van der Waals surface area contributed by atoms with Crippen LogP contribution in [0.4, 0.5) is 5.69 Å². The zero-order chi connectivity index (χ0) is 17.7. The van der Waals surface area contributed by atoms with Gasteiger partial charge in [-0.05, 0) is 42.4 Å². The molecule has 0 aliphatic carbocycles. The van der Waals surface area contributed by atoms with Gasteiger partial charge in [0.05, 0.1) is 16.1 Å². The summed E-state index contributed by atoms with van der Waals surface area (Å²) in [5.74, 6) is -0.366. The lowest BCUT2D eigenvalue weighted by Gasteiger charge is -2.24. The van der Waals surface area contributed by atoms with E-state index < -0.39 is 6.10 Å². The number of anilines is 1. The highest BCUT2D eigenvalue weighted by molar-refractivity contribution is 6.42. The largest absolute Gasteiger partial charge is 0.388 e. The van der Waals surface area contributed by atoms with Crippen molar-refractivity contribution in [2.24, 2.45) is 0 Å². The molecule has 0 aliphatic heterocycles. The highest BCUT2D eigenvalue weighted by atomic mass is 35.5. The van der Waals surface area contributed by atoms with E-state index in [1.165, 1.54) is 6.92 Å². The van der Waals surface area contributed by atoms with E-state index in [0.717, 1.165) is 5.56 Å². The number of carbonyl (C=O) groups is 1. The highest BCUT2D eigenvalue weighted by Gasteiger charge is 2.23. The molecule has 0 saturated carbocycles. The Morgan fingerprint density at radius 2 is 1.88 bits per heavy atom. The smallest absolute Gasteiger partial charge is 0.221 e. The molecule has 0 aromatic heterocycles. The van der Waals surface area contributed by atoms with Crippen LogP contribution in [0.3, 0.4) is 0 Å². The zero-order valence-corrected chi connectivity index (χ0v) is 15.0. The number of amides is 1. The van der Waals surface area contributed by atoms with E-state index in [2.05, 4.69) is 10.6 Å². The number of likely N-dealkylation sites (N-methyl/N-ethyl adjacent to an activating group) is 1. The van der Waals surface area contributed by atoms with E-state index in [4.69, 9.17) is 23.2 Å². The lowest BCUT2D eigenvalue weighted by atomic mass is 9.89. The third-order valence-corrected chi connectivity index (χ3v) is 4.46. The van der Waals surface area contributed by atoms with Gasteiger partial charge in [-0.25, -0.2) is 0 Å². The average Bonchev–Trinajstić information content (AvgIpc) is 2.54. The van der Waals surface area contributed by atoms with Crippen LogP contribution in [0.2, 0.25) is 10.0 Å². The molecule has 1 amide bonds. The molecule has 0 saturated heterocycles. The fourth-order valence-corrected chi connectivity index (χ4v) is 2.92. The molecule has 24 heavy (non-hydrogen) atoms. The fourth-order valence-electron chi connectivity index (χ4n) is 2.61. The topological polar surface area (TPSA) is 61.4 Å². The van der Waals surface area contributed by atoms with E-state index in [-0.39, 0.29) is 11.8 Å². The zero-order valence-electron chi connectivity index (χ0n) is 13.5. The fraction of sp³-hybridized carbons (Fsp3) is 0.278. The Labute approximate surface area is 151 Å². The van der Waals surface area contributed by atoms with Crippen molar-refractivity contribution in [3.05, 3.63) is 63.6 Å². The minimum absolute atomic E-state index is 0.155. The quantitative estimate of drug-likeness (QED) is 0.724. The first-order valence-electron chi connectivity index (χ1n) is 7.57. The highest BCUT2D eigenvalue weighted by Crippen LogP contribution is 2.34. The first-order chi connectivity index (χ1) is 11.4. The lowest BCUT2D eigenvalue weighted by molar-refractivity contribution is -0.114. The minimum Gasteiger partial charge on any atom is -0.388 e. The summed E-state index contributed by atoms with van der Waals surface area (Å²) < 4.78 is 0. The Morgan fingerprint density at radius 1 is 1.12 bits per heavy atom. The van der Waals surface area contributed by atoms with Crippen LogP contribution in [0.25, 0.3) is 0 Å². The predicted octanol–water partition coefficient (Wildman–Crippen LogP) is 3.99. The molecular formula is C18H20Cl2N2O2. The van der Waals surface area contributed by atoms with E-state index in [1.54, 1.807) is 30.3 Å². The van der Waals surface area contributed by atoms with Gasteiger partial charge in [0.25, 0.3) is 0 Å². The molecule has 0 fully saturated rings. The first-order valence-corrected chi connectivity index (χ1v) is 8.33. The molecule has 128 valence electrons. The third kappa shape index (κ3) is 4.71. The summed E-state index contributed by atoms with van der Waals surface area (Å²) in [5, 5.41) is 17.6. The number of benzene rings is 2. The van der Waals surface area contributed by atoms with Crippen molar-refractivity contribution >= 4 is 34.8 Å². The molecule has 0 heterocycles. The normalized spacial score (nSPS) is 13.4. The van der Waals surface area contributed by atoms with Gasteiger partial charge in [0.15, 0.2) is 0 Å². The van der Waals surface area contributed by atoms with Gasteiger partial charge >= 0.3 is 0 Å². The number of rotatable bonds is 6. The molecule has 3 N–H and O–H groups in total. The Balaban J connectivity index is 2.33. The average molecular weight is 367 g/mol. The van der Waals surface area contributed by atoms with Gasteiger partial charge in [-0.2, -0.15) is 0 Å². The van der Waals surface area contributed by atoms with Crippen LogP contribution < -0.4 is 10.6 Å². The number of hydrogen-bond donors (Lipinski definition) is 3. The van der Waals surface area contributed by atoms with Crippen LogP contribution in [-0.2, 0) is 4.79 Å². The lowest BCUT2D eigenvalue weighted by Crippen LogP contribution is -2.23. The summed E-state index contributed by atoms with van der Waals surface area (Å²) >= 11 is 12.1. The number of aliphatic hydroxyl groups is 1. The van der Waals surface area contributed by atoms with Crippen molar-refractivity contribution in [3.8, 4) is 0 Å². The Kier molecular flexibility index (Phi) is 6.63. The molecule has 0 bridgehead atoms. The summed E-state index contributed by atoms with van der Waals surface area (Å²) in [5.41, 5.74) is 2.25. The molecule has 0 radical (unpaired) electrons. The predicted molar refractivity (Wildman–Crippen MR) is 98.8 cm³/mol. The Morgan fingerprint density at radius 3 is 2.50 bits per heavy atom. The second kappa shape index (κ2) is 8.49. The monoisotopic (exact) mass is 366 g/mol. The van der Waals surface area contributed by atoms with Gasteiger partial charge in [0.1, 0.15) is 0 Å². The summed E-state index contributed by atoms with van der Waals surface area (Å²) in [6.07, 6.45) is -0.761. The van der Waals surface area contributed by atoms with Gasteiger partial charge in [-0.1, -0.05) is 41.4 Å². The Bertz CT molecular complexity index is 722. The second-order valence-corrected chi connectivity index (χ2v) is 6.40. The third-order valence-electron chi connectivity index (χ3n) is 3.73. The van der Waals surface area contributed by atoms with Gasteiger partial charge in [-0.15, -0.1) is 0 Å². The standard InChI is InChI=1S/C18H20Cl2N2O2/c1-11(23)22-14-5-3-4-13(8-14)18(24)15(10-21-2)12-6-7-16(19)17(20)9-12/h3-9,15,18,21,24H,10H2,1-2H3,(H,22,23)/t15?,18-/m1/s1. The molecule has 1 unspecified atom stereocenters. The molecule has 0 spiro atoms. The van der Waals surface area contributed by atoms with E-state index >= 15 is 0 Å². The number of aliphatic hydroxyl groups excluding tert-OH is 1. The van der Waals surface area contributed by atoms with E-state index in [9.17, 15) is 9.90 Å².